The van der Waals surface area contributed by atoms with Gasteiger partial charge in [0.25, 0.3) is 0 Å². The highest BCUT2D eigenvalue weighted by Gasteiger charge is 2.14. The van der Waals surface area contributed by atoms with Gasteiger partial charge in [-0.25, -0.2) is 15.1 Å². The third-order valence-corrected chi connectivity index (χ3v) is 5.08. The lowest BCUT2D eigenvalue weighted by atomic mass is 10.2. The number of rotatable bonds is 6. The van der Waals surface area contributed by atoms with E-state index in [1.54, 1.807) is 6.21 Å². The zero-order valence-corrected chi connectivity index (χ0v) is 17.4. The van der Waals surface area contributed by atoms with E-state index in [-0.39, 0.29) is 0 Å². The van der Waals surface area contributed by atoms with E-state index in [1.165, 1.54) is 0 Å². The van der Waals surface area contributed by atoms with E-state index in [4.69, 9.17) is 9.52 Å². The standard InChI is InChI=1S/C24H22N6O/c1-3-29-21-12-8-7-11-20(21)26-24(29)27-25-15-18-16-30(19-9-5-4-6-10-19)28-23(18)22-14-13-17(2)31-22/h4-16H,3H2,1-2H3,(H,26,27)/b25-15-. The number of hydrogen-bond acceptors (Lipinski definition) is 5. The Labute approximate surface area is 179 Å². The minimum atomic E-state index is 0.700. The Morgan fingerprint density at radius 2 is 1.84 bits per heavy atom. The maximum Gasteiger partial charge on any atom is 0.224 e. The van der Waals surface area contributed by atoms with Crippen molar-refractivity contribution < 1.29 is 4.42 Å². The van der Waals surface area contributed by atoms with Gasteiger partial charge in [0.15, 0.2) is 5.76 Å². The molecule has 2 aromatic carbocycles. The fraction of sp³-hybridized carbons (Fsp3) is 0.125. The van der Waals surface area contributed by atoms with E-state index >= 15 is 0 Å². The molecule has 0 radical (unpaired) electrons. The van der Waals surface area contributed by atoms with Crippen molar-refractivity contribution in [2.45, 2.75) is 20.4 Å². The summed E-state index contributed by atoms with van der Waals surface area (Å²) >= 11 is 0. The molecule has 0 aliphatic rings. The second kappa shape index (κ2) is 7.95. The van der Waals surface area contributed by atoms with Gasteiger partial charge in [0.1, 0.15) is 11.5 Å². The molecule has 0 amide bonds. The lowest BCUT2D eigenvalue weighted by molar-refractivity contribution is 0.545. The Morgan fingerprint density at radius 3 is 2.61 bits per heavy atom. The summed E-state index contributed by atoms with van der Waals surface area (Å²) in [4.78, 5) is 4.65. The van der Waals surface area contributed by atoms with Gasteiger partial charge in [-0.1, -0.05) is 30.3 Å². The summed E-state index contributed by atoms with van der Waals surface area (Å²) in [6, 6.07) is 21.9. The van der Waals surface area contributed by atoms with Crippen molar-refractivity contribution in [1.29, 1.82) is 0 Å². The molecular formula is C24H22N6O. The Morgan fingerprint density at radius 1 is 1.03 bits per heavy atom. The number of nitrogens with one attached hydrogen (secondary N) is 1. The minimum Gasteiger partial charge on any atom is -0.460 e. The zero-order valence-electron chi connectivity index (χ0n) is 17.4. The molecule has 0 atom stereocenters. The van der Waals surface area contributed by atoms with Gasteiger partial charge in [0.05, 0.1) is 22.9 Å². The number of anilines is 1. The van der Waals surface area contributed by atoms with Gasteiger partial charge in [0, 0.05) is 18.3 Å². The number of aromatic nitrogens is 4. The van der Waals surface area contributed by atoms with Gasteiger partial charge >= 0.3 is 0 Å². The lowest BCUT2D eigenvalue weighted by Crippen LogP contribution is -2.01. The first kappa shape index (κ1) is 18.9. The average Bonchev–Trinajstić information content (AvgIpc) is 3.50. The number of fused-ring (bicyclic) bond motifs is 1. The number of hydrazone groups is 1. The molecule has 0 saturated carbocycles. The van der Waals surface area contributed by atoms with Crippen molar-refractivity contribution in [2.75, 3.05) is 5.43 Å². The first-order chi connectivity index (χ1) is 15.2. The first-order valence-electron chi connectivity index (χ1n) is 10.2. The van der Waals surface area contributed by atoms with Crippen molar-refractivity contribution >= 4 is 23.2 Å². The maximum atomic E-state index is 5.83. The second-order valence-electron chi connectivity index (χ2n) is 7.16. The van der Waals surface area contributed by atoms with Crippen LogP contribution in [-0.2, 0) is 6.54 Å². The van der Waals surface area contributed by atoms with Crippen LogP contribution in [0.25, 0.3) is 28.2 Å². The topological polar surface area (TPSA) is 73.2 Å². The number of benzene rings is 2. The van der Waals surface area contributed by atoms with Crippen LogP contribution in [0.1, 0.15) is 18.2 Å². The molecule has 5 aromatic rings. The number of para-hydroxylation sites is 3. The first-order valence-corrected chi connectivity index (χ1v) is 10.2. The molecule has 1 N–H and O–H groups in total. The van der Waals surface area contributed by atoms with Crippen LogP contribution in [-0.4, -0.2) is 25.5 Å². The molecule has 3 heterocycles. The number of furan rings is 1. The lowest BCUT2D eigenvalue weighted by Gasteiger charge is -2.04. The van der Waals surface area contributed by atoms with E-state index in [0.29, 0.717) is 11.7 Å². The zero-order chi connectivity index (χ0) is 21.2. The van der Waals surface area contributed by atoms with E-state index in [9.17, 15) is 0 Å². The summed E-state index contributed by atoms with van der Waals surface area (Å²) in [6.07, 6.45) is 3.69. The van der Waals surface area contributed by atoms with Crippen LogP contribution < -0.4 is 5.43 Å². The molecule has 0 aliphatic carbocycles. The van der Waals surface area contributed by atoms with Crippen LogP contribution >= 0.6 is 0 Å². The summed E-state index contributed by atoms with van der Waals surface area (Å²) in [6.45, 7) is 4.80. The van der Waals surface area contributed by atoms with Gasteiger partial charge in [-0.2, -0.15) is 10.2 Å². The van der Waals surface area contributed by atoms with E-state index in [1.807, 2.05) is 78.5 Å². The van der Waals surface area contributed by atoms with Crippen molar-refractivity contribution in [3.63, 3.8) is 0 Å². The molecule has 7 heteroatoms. The van der Waals surface area contributed by atoms with Crippen molar-refractivity contribution in [2.24, 2.45) is 5.10 Å². The SMILES string of the molecule is CCn1c(N/N=C\c2cn(-c3ccccc3)nc2-c2ccc(C)o2)nc2ccccc21. The molecule has 0 fully saturated rings. The molecule has 5 rings (SSSR count). The molecule has 0 aliphatic heterocycles. The van der Waals surface area contributed by atoms with Crippen LogP contribution in [0.5, 0.6) is 0 Å². The normalized spacial score (nSPS) is 11.5. The number of aryl methyl sites for hydroxylation is 2. The fourth-order valence-corrected chi connectivity index (χ4v) is 3.59. The fourth-order valence-electron chi connectivity index (χ4n) is 3.59. The summed E-state index contributed by atoms with van der Waals surface area (Å²) < 4.78 is 9.75. The molecule has 0 spiro atoms. The highest BCUT2D eigenvalue weighted by Crippen LogP contribution is 2.25. The van der Waals surface area contributed by atoms with Gasteiger partial charge in [0.2, 0.25) is 5.95 Å². The van der Waals surface area contributed by atoms with Crippen LogP contribution in [0.15, 0.2) is 82.4 Å². The summed E-state index contributed by atoms with van der Waals surface area (Å²) in [5.41, 5.74) is 7.63. The van der Waals surface area contributed by atoms with Crippen molar-refractivity contribution in [3.05, 3.63) is 84.3 Å². The molecule has 154 valence electrons. The second-order valence-corrected chi connectivity index (χ2v) is 7.16. The van der Waals surface area contributed by atoms with Crippen LogP contribution in [0.3, 0.4) is 0 Å². The molecular weight excluding hydrogens is 388 g/mol. The van der Waals surface area contributed by atoms with Crippen LogP contribution in [0.4, 0.5) is 5.95 Å². The van der Waals surface area contributed by atoms with Gasteiger partial charge in [-0.15, -0.1) is 0 Å². The predicted molar refractivity (Wildman–Crippen MR) is 123 cm³/mol. The van der Waals surface area contributed by atoms with Crippen LogP contribution in [0.2, 0.25) is 0 Å². The van der Waals surface area contributed by atoms with Gasteiger partial charge in [-0.3, -0.25) is 0 Å². The minimum absolute atomic E-state index is 0.700. The quantitative estimate of drug-likeness (QED) is 0.306. The average molecular weight is 410 g/mol. The molecule has 0 saturated heterocycles. The molecule has 3 aromatic heterocycles. The summed E-state index contributed by atoms with van der Waals surface area (Å²) in [5.74, 6) is 2.24. The summed E-state index contributed by atoms with van der Waals surface area (Å²) in [5, 5.41) is 9.20. The number of imidazole rings is 1. The maximum absolute atomic E-state index is 5.83. The number of nitrogens with zero attached hydrogens (tertiary/aromatic N) is 5. The predicted octanol–water partition coefficient (Wildman–Crippen LogP) is 5.26. The monoisotopic (exact) mass is 410 g/mol. The highest BCUT2D eigenvalue weighted by molar-refractivity contribution is 5.88. The molecule has 0 bridgehead atoms. The third kappa shape index (κ3) is 3.61. The Balaban J connectivity index is 1.49. The Hall–Kier alpha value is -4.13. The van der Waals surface area contributed by atoms with Gasteiger partial charge < -0.3 is 8.98 Å². The van der Waals surface area contributed by atoms with E-state index < -0.39 is 0 Å². The molecule has 0 unspecified atom stereocenters. The van der Waals surface area contributed by atoms with E-state index in [0.717, 1.165) is 40.3 Å². The number of hydrogen-bond donors (Lipinski definition) is 1. The summed E-state index contributed by atoms with van der Waals surface area (Å²) in [7, 11) is 0. The third-order valence-electron chi connectivity index (χ3n) is 5.08. The molecule has 31 heavy (non-hydrogen) atoms. The largest absolute Gasteiger partial charge is 0.460 e. The van der Waals surface area contributed by atoms with Crippen molar-refractivity contribution in [3.8, 4) is 17.1 Å². The Kier molecular flexibility index (Phi) is 4.84. The molecule has 7 nitrogen and oxygen atoms in total. The smallest absolute Gasteiger partial charge is 0.224 e. The Bertz CT molecular complexity index is 1360. The highest BCUT2D eigenvalue weighted by atomic mass is 16.3. The van der Waals surface area contributed by atoms with E-state index in [2.05, 4.69) is 33.1 Å². The van der Waals surface area contributed by atoms with Gasteiger partial charge in [-0.05, 0) is 50.2 Å². The van der Waals surface area contributed by atoms with Crippen molar-refractivity contribution in [1.82, 2.24) is 19.3 Å². The van der Waals surface area contributed by atoms with Crippen LogP contribution in [0, 0.1) is 6.92 Å².